The number of nitrogens with one attached hydrogen (secondary N) is 1. The van der Waals surface area contributed by atoms with E-state index < -0.39 is 0 Å². The zero-order valence-electron chi connectivity index (χ0n) is 16.2. The van der Waals surface area contributed by atoms with E-state index in [1.807, 2.05) is 37.1 Å². The number of anilines is 2. The van der Waals surface area contributed by atoms with Crippen molar-refractivity contribution in [2.45, 2.75) is 32.7 Å². The van der Waals surface area contributed by atoms with Crippen molar-refractivity contribution in [3.05, 3.63) is 58.6 Å². The highest BCUT2D eigenvalue weighted by Gasteiger charge is 2.12. The van der Waals surface area contributed by atoms with Crippen molar-refractivity contribution < 1.29 is 4.79 Å². The van der Waals surface area contributed by atoms with Crippen molar-refractivity contribution in [1.82, 2.24) is 4.90 Å². The predicted molar refractivity (Wildman–Crippen MR) is 114 cm³/mol. The van der Waals surface area contributed by atoms with Crippen LogP contribution in [0.1, 0.15) is 30.4 Å². The predicted octanol–water partition coefficient (Wildman–Crippen LogP) is 4.71. The van der Waals surface area contributed by atoms with Crippen LogP contribution in [0.3, 0.4) is 0 Å². The number of piperidine rings is 1. The molecule has 1 saturated heterocycles. The maximum Gasteiger partial charge on any atom is 0.238 e. The third kappa shape index (κ3) is 5.47. The van der Waals surface area contributed by atoms with Crippen LogP contribution in [-0.4, -0.2) is 37.5 Å². The van der Waals surface area contributed by atoms with Gasteiger partial charge < -0.3 is 10.2 Å². The minimum Gasteiger partial charge on any atom is -0.372 e. The number of hydrogen-bond donors (Lipinski definition) is 1. The summed E-state index contributed by atoms with van der Waals surface area (Å²) in [7, 11) is 1.96. The monoisotopic (exact) mass is 385 g/mol. The highest BCUT2D eigenvalue weighted by atomic mass is 35.5. The molecule has 0 aliphatic carbocycles. The summed E-state index contributed by atoms with van der Waals surface area (Å²) in [5.41, 5.74) is 4.18. The Morgan fingerprint density at radius 2 is 1.81 bits per heavy atom. The van der Waals surface area contributed by atoms with Crippen LogP contribution in [-0.2, 0) is 11.3 Å². The summed E-state index contributed by atoms with van der Waals surface area (Å²) in [5.74, 6) is -0.0344. The number of halogens is 1. The summed E-state index contributed by atoms with van der Waals surface area (Å²) < 4.78 is 0. The van der Waals surface area contributed by atoms with Gasteiger partial charge >= 0.3 is 0 Å². The van der Waals surface area contributed by atoms with Crippen molar-refractivity contribution in [2.24, 2.45) is 0 Å². The van der Waals surface area contributed by atoms with E-state index in [4.69, 9.17) is 11.6 Å². The van der Waals surface area contributed by atoms with E-state index in [1.165, 1.54) is 30.5 Å². The summed E-state index contributed by atoms with van der Waals surface area (Å²) in [6, 6.07) is 14.3. The van der Waals surface area contributed by atoms with Crippen LogP contribution in [0.15, 0.2) is 42.5 Å². The van der Waals surface area contributed by atoms with Gasteiger partial charge in [0.2, 0.25) is 5.91 Å². The lowest BCUT2D eigenvalue weighted by molar-refractivity contribution is -0.117. The van der Waals surface area contributed by atoms with Crippen molar-refractivity contribution in [3.8, 4) is 0 Å². The quantitative estimate of drug-likeness (QED) is 0.782. The number of likely N-dealkylation sites (N-methyl/N-ethyl adjacent to an activating group) is 1. The van der Waals surface area contributed by atoms with Gasteiger partial charge in [0.05, 0.1) is 6.54 Å². The molecule has 144 valence electrons. The van der Waals surface area contributed by atoms with Gasteiger partial charge in [0.25, 0.3) is 0 Å². The molecule has 1 amide bonds. The lowest BCUT2D eigenvalue weighted by Gasteiger charge is -2.29. The molecule has 0 saturated carbocycles. The topological polar surface area (TPSA) is 35.6 Å². The van der Waals surface area contributed by atoms with Crippen LogP contribution in [0, 0.1) is 6.92 Å². The Morgan fingerprint density at radius 3 is 2.52 bits per heavy atom. The van der Waals surface area contributed by atoms with Gasteiger partial charge in [0.1, 0.15) is 0 Å². The normalized spacial score (nSPS) is 14.4. The molecule has 1 aliphatic heterocycles. The van der Waals surface area contributed by atoms with Gasteiger partial charge in [0, 0.05) is 36.0 Å². The van der Waals surface area contributed by atoms with E-state index in [0.717, 1.165) is 30.9 Å². The highest BCUT2D eigenvalue weighted by molar-refractivity contribution is 6.31. The Bertz CT molecular complexity index is 770. The molecule has 0 radical (unpaired) electrons. The van der Waals surface area contributed by atoms with Crippen LogP contribution in [0.4, 0.5) is 11.4 Å². The molecule has 2 aromatic rings. The first kappa shape index (κ1) is 19.7. The van der Waals surface area contributed by atoms with Gasteiger partial charge in [-0.1, -0.05) is 29.8 Å². The second-order valence-corrected chi connectivity index (χ2v) is 7.75. The molecule has 0 spiro atoms. The van der Waals surface area contributed by atoms with Gasteiger partial charge in [0.15, 0.2) is 0 Å². The van der Waals surface area contributed by atoms with E-state index in [2.05, 4.69) is 34.5 Å². The van der Waals surface area contributed by atoms with Crippen molar-refractivity contribution >= 4 is 28.9 Å². The number of rotatable bonds is 6. The highest BCUT2D eigenvalue weighted by Crippen LogP contribution is 2.23. The smallest absolute Gasteiger partial charge is 0.238 e. The molecular formula is C22H28ClN3O. The van der Waals surface area contributed by atoms with Crippen LogP contribution < -0.4 is 10.2 Å². The average Bonchev–Trinajstić information content (AvgIpc) is 2.66. The molecule has 0 bridgehead atoms. The molecule has 1 aliphatic rings. The van der Waals surface area contributed by atoms with E-state index in [0.29, 0.717) is 11.6 Å². The first-order valence-electron chi connectivity index (χ1n) is 9.60. The van der Waals surface area contributed by atoms with Crippen LogP contribution in [0.5, 0.6) is 0 Å². The molecule has 4 nitrogen and oxygen atoms in total. The molecule has 2 aromatic carbocycles. The minimum absolute atomic E-state index is 0.0344. The van der Waals surface area contributed by atoms with E-state index in [1.54, 1.807) is 0 Å². The summed E-state index contributed by atoms with van der Waals surface area (Å²) in [4.78, 5) is 16.8. The second-order valence-electron chi connectivity index (χ2n) is 7.35. The van der Waals surface area contributed by atoms with Crippen LogP contribution in [0.25, 0.3) is 0 Å². The molecule has 1 fully saturated rings. The number of benzene rings is 2. The van der Waals surface area contributed by atoms with E-state index in [9.17, 15) is 4.79 Å². The number of hydrogen-bond acceptors (Lipinski definition) is 3. The Hall–Kier alpha value is -2.04. The molecule has 1 N–H and O–H groups in total. The van der Waals surface area contributed by atoms with Gasteiger partial charge in [-0.05, 0) is 68.6 Å². The van der Waals surface area contributed by atoms with Gasteiger partial charge in [-0.25, -0.2) is 0 Å². The fourth-order valence-corrected chi connectivity index (χ4v) is 3.68. The van der Waals surface area contributed by atoms with Gasteiger partial charge in [-0.3, -0.25) is 9.69 Å². The fraction of sp³-hybridized carbons (Fsp3) is 0.409. The molecule has 3 rings (SSSR count). The lowest BCUT2D eigenvalue weighted by Crippen LogP contribution is -2.30. The van der Waals surface area contributed by atoms with Gasteiger partial charge in [-0.15, -0.1) is 0 Å². The van der Waals surface area contributed by atoms with E-state index >= 15 is 0 Å². The number of amides is 1. The summed E-state index contributed by atoms with van der Waals surface area (Å²) in [6.45, 7) is 5.29. The Labute approximate surface area is 167 Å². The fourth-order valence-electron chi connectivity index (χ4n) is 3.51. The molecule has 0 aromatic heterocycles. The minimum atomic E-state index is -0.0344. The Balaban J connectivity index is 1.51. The maximum atomic E-state index is 12.3. The maximum absolute atomic E-state index is 12.3. The molecule has 1 heterocycles. The Kier molecular flexibility index (Phi) is 6.75. The SMILES string of the molecule is Cc1c(Cl)cccc1NC(=O)CN(C)Cc1ccc(N2CCCCC2)cc1. The first-order chi connectivity index (χ1) is 13.0. The summed E-state index contributed by atoms with van der Waals surface area (Å²) in [5, 5.41) is 3.61. The second kappa shape index (κ2) is 9.25. The van der Waals surface area contributed by atoms with Crippen LogP contribution >= 0.6 is 11.6 Å². The third-order valence-corrected chi connectivity index (χ3v) is 5.47. The van der Waals surface area contributed by atoms with Crippen molar-refractivity contribution in [2.75, 3.05) is 36.9 Å². The largest absolute Gasteiger partial charge is 0.372 e. The third-order valence-electron chi connectivity index (χ3n) is 5.07. The Morgan fingerprint density at radius 1 is 1.11 bits per heavy atom. The van der Waals surface area contributed by atoms with Gasteiger partial charge in [-0.2, -0.15) is 0 Å². The van der Waals surface area contributed by atoms with Crippen molar-refractivity contribution in [3.63, 3.8) is 0 Å². The summed E-state index contributed by atoms with van der Waals surface area (Å²) >= 11 is 6.11. The molecule has 27 heavy (non-hydrogen) atoms. The number of nitrogens with zero attached hydrogens (tertiary/aromatic N) is 2. The van der Waals surface area contributed by atoms with Crippen molar-refractivity contribution in [1.29, 1.82) is 0 Å². The number of carbonyl (C=O) groups is 1. The van der Waals surface area contributed by atoms with Crippen LogP contribution in [0.2, 0.25) is 5.02 Å². The zero-order chi connectivity index (χ0) is 19.2. The molecule has 5 heteroatoms. The molecule has 0 atom stereocenters. The number of carbonyl (C=O) groups excluding carboxylic acids is 1. The lowest BCUT2D eigenvalue weighted by atomic mass is 10.1. The zero-order valence-corrected chi connectivity index (χ0v) is 16.9. The molecular weight excluding hydrogens is 358 g/mol. The summed E-state index contributed by atoms with van der Waals surface area (Å²) in [6.07, 6.45) is 3.91. The average molecular weight is 386 g/mol. The first-order valence-corrected chi connectivity index (χ1v) is 9.98. The van der Waals surface area contributed by atoms with E-state index in [-0.39, 0.29) is 5.91 Å². The standard InChI is InChI=1S/C22H28ClN3O/c1-17-20(23)7-6-8-21(17)24-22(27)16-25(2)15-18-9-11-19(12-10-18)26-13-4-3-5-14-26/h6-12H,3-5,13-16H2,1-2H3,(H,24,27). The molecule has 0 unspecified atom stereocenters.